The summed E-state index contributed by atoms with van der Waals surface area (Å²) < 4.78 is 4.89. The van der Waals surface area contributed by atoms with Crippen molar-refractivity contribution in [2.24, 2.45) is 0 Å². The molecule has 0 aromatic heterocycles. The first-order valence-corrected chi connectivity index (χ1v) is 7.09. The fourth-order valence-corrected chi connectivity index (χ4v) is 2.46. The molecule has 0 unspecified atom stereocenters. The second-order valence-corrected chi connectivity index (χ2v) is 5.09. The molecule has 0 radical (unpaired) electrons. The molecule has 0 aliphatic carbocycles. The zero-order valence-corrected chi connectivity index (χ0v) is 11.7. The summed E-state index contributed by atoms with van der Waals surface area (Å²) in [6.45, 7) is 1.95. The third-order valence-corrected chi connectivity index (χ3v) is 3.63. The van der Waals surface area contributed by atoms with Crippen LogP contribution >= 0.6 is 11.8 Å². The van der Waals surface area contributed by atoms with E-state index < -0.39 is 5.97 Å². The summed E-state index contributed by atoms with van der Waals surface area (Å²) in [7, 11) is 0. The van der Waals surface area contributed by atoms with Crippen LogP contribution in [0.25, 0.3) is 0 Å². The second-order valence-electron chi connectivity index (χ2n) is 4.08. The van der Waals surface area contributed by atoms with Crippen molar-refractivity contribution >= 4 is 35.2 Å². The number of fused-ring (bicyclic) bond motifs is 1. The van der Waals surface area contributed by atoms with Gasteiger partial charge in [0.25, 0.3) is 5.91 Å². The van der Waals surface area contributed by atoms with Crippen LogP contribution in [0.5, 0.6) is 0 Å². The number of rotatable bonds is 4. The van der Waals surface area contributed by atoms with Crippen LogP contribution in [0.2, 0.25) is 0 Å². The Hall–Kier alpha value is -2.02. The Morgan fingerprint density at radius 1 is 1.45 bits per heavy atom. The van der Waals surface area contributed by atoms with Gasteiger partial charge in [0.05, 0.1) is 17.0 Å². The first-order valence-electron chi connectivity index (χ1n) is 6.10. The largest absolute Gasteiger partial charge is 0.452 e. The molecule has 0 saturated carbocycles. The van der Waals surface area contributed by atoms with Crippen molar-refractivity contribution in [3.63, 3.8) is 0 Å². The summed E-state index contributed by atoms with van der Waals surface area (Å²) in [6, 6.07) is 4.92. The molecule has 20 heavy (non-hydrogen) atoms. The summed E-state index contributed by atoms with van der Waals surface area (Å²) in [5.74, 6) is -0.671. The molecule has 2 N–H and O–H groups in total. The van der Waals surface area contributed by atoms with Gasteiger partial charge in [-0.3, -0.25) is 9.59 Å². The third-order valence-electron chi connectivity index (χ3n) is 2.56. The summed E-state index contributed by atoms with van der Waals surface area (Å²) >= 11 is 1.41. The fraction of sp³-hybridized carbons (Fsp3) is 0.308. The minimum absolute atomic E-state index is 0.102. The highest BCUT2D eigenvalue weighted by molar-refractivity contribution is 8.00. The van der Waals surface area contributed by atoms with Crippen LogP contribution in [0.1, 0.15) is 17.3 Å². The van der Waals surface area contributed by atoms with Gasteiger partial charge >= 0.3 is 5.97 Å². The van der Waals surface area contributed by atoms with E-state index in [1.54, 1.807) is 25.1 Å². The fourth-order valence-electron chi connectivity index (χ4n) is 1.67. The number of hydrogen-bond donors (Lipinski definition) is 2. The van der Waals surface area contributed by atoms with Crippen molar-refractivity contribution in [2.45, 2.75) is 11.8 Å². The number of thioether (sulfide) groups is 1. The zero-order chi connectivity index (χ0) is 14.5. The average molecular weight is 294 g/mol. The molecule has 6 nitrogen and oxygen atoms in total. The summed E-state index contributed by atoms with van der Waals surface area (Å²) in [6.07, 6.45) is 0. The number of likely N-dealkylation sites (N-methyl/N-ethyl adjacent to an activating group) is 1. The molecule has 1 aromatic rings. The van der Waals surface area contributed by atoms with Crippen molar-refractivity contribution in [3.05, 3.63) is 23.8 Å². The Morgan fingerprint density at radius 2 is 2.25 bits per heavy atom. The topological polar surface area (TPSA) is 84.5 Å². The molecule has 1 aromatic carbocycles. The lowest BCUT2D eigenvalue weighted by molar-refractivity contribution is -0.124. The lowest BCUT2D eigenvalue weighted by Crippen LogP contribution is -2.28. The molecule has 0 saturated heterocycles. The van der Waals surface area contributed by atoms with E-state index in [1.807, 2.05) is 0 Å². The van der Waals surface area contributed by atoms with E-state index in [1.165, 1.54) is 11.8 Å². The van der Waals surface area contributed by atoms with E-state index in [-0.39, 0.29) is 18.4 Å². The van der Waals surface area contributed by atoms with E-state index >= 15 is 0 Å². The molecular formula is C13H14N2O4S. The SMILES string of the molecule is CCNC(=O)COC(=O)c1ccc2c(c1)NC(=O)CS2. The van der Waals surface area contributed by atoms with Gasteiger partial charge in [-0.1, -0.05) is 0 Å². The maximum absolute atomic E-state index is 11.8. The molecule has 1 aliphatic heterocycles. The Labute approximate surface area is 120 Å². The lowest BCUT2D eigenvalue weighted by Gasteiger charge is -2.16. The Morgan fingerprint density at radius 3 is 3.00 bits per heavy atom. The smallest absolute Gasteiger partial charge is 0.338 e. The van der Waals surface area contributed by atoms with Crippen LogP contribution in [-0.4, -0.2) is 36.7 Å². The van der Waals surface area contributed by atoms with Gasteiger partial charge in [0.15, 0.2) is 6.61 Å². The van der Waals surface area contributed by atoms with Crippen molar-refractivity contribution in [1.29, 1.82) is 0 Å². The highest BCUT2D eigenvalue weighted by Crippen LogP contribution is 2.32. The first-order chi connectivity index (χ1) is 9.60. The normalized spacial score (nSPS) is 13.2. The van der Waals surface area contributed by atoms with Crippen LogP contribution in [0.15, 0.2) is 23.1 Å². The summed E-state index contributed by atoms with van der Waals surface area (Å²) in [5.41, 5.74) is 0.898. The highest BCUT2D eigenvalue weighted by atomic mass is 32.2. The zero-order valence-electron chi connectivity index (χ0n) is 10.9. The quantitative estimate of drug-likeness (QED) is 0.810. The number of carbonyl (C=O) groups is 3. The van der Waals surface area contributed by atoms with Gasteiger partial charge in [-0.2, -0.15) is 0 Å². The minimum Gasteiger partial charge on any atom is -0.452 e. The van der Waals surface area contributed by atoms with Gasteiger partial charge < -0.3 is 15.4 Å². The Balaban J connectivity index is 2.02. The van der Waals surface area contributed by atoms with Gasteiger partial charge in [0.1, 0.15) is 0 Å². The number of carbonyl (C=O) groups excluding carboxylic acids is 3. The van der Waals surface area contributed by atoms with Gasteiger partial charge in [-0.15, -0.1) is 11.8 Å². The predicted molar refractivity (Wildman–Crippen MR) is 74.8 cm³/mol. The molecule has 2 amide bonds. The number of esters is 1. The monoisotopic (exact) mass is 294 g/mol. The molecule has 7 heteroatoms. The van der Waals surface area contributed by atoms with Crippen LogP contribution in [0.3, 0.4) is 0 Å². The number of hydrogen-bond acceptors (Lipinski definition) is 5. The maximum atomic E-state index is 11.8. The van der Waals surface area contributed by atoms with Gasteiger partial charge in [-0.05, 0) is 25.1 Å². The number of amides is 2. The average Bonchev–Trinajstić information content (AvgIpc) is 2.44. The molecule has 0 spiro atoms. The molecule has 106 valence electrons. The Kier molecular flexibility index (Phi) is 4.62. The number of nitrogens with one attached hydrogen (secondary N) is 2. The molecule has 1 heterocycles. The summed E-state index contributed by atoms with van der Waals surface area (Å²) in [5, 5.41) is 5.23. The van der Waals surface area contributed by atoms with E-state index in [9.17, 15) is 14.4 Å². The molecular weight excluding hydrogens is 280 g/mol. The van der Waals surface area contributed by atoms with Crippen molar-refractivity contribution in [1.82, 2.24) is 5.32 Å². The van der Waals surface area contributed by atoms with Crippen molar-refractivity contribution < 1.29 is 19.1 Å². The predicted octanol–water partition coefficient (Wildman–Crippen LogP) is 1.02. The molecule has 0 fully saturated rings. The molecule has 0 bridgehead atoms. The van der Waals surface area contributed by atoms with Crippen molar-refractivity contribution in [2.75, 3.05) is 24.2 Å². The maximum Gasteiger partial charge on any atom is 0.338 e. The van der Waals surface area contributed by atoms with E-state index in [0.29, 0.717) is 23.5 Å². The van der Waals surface area contributed by atoms with E-state index in [0.717, 1.165) is 4.90 Å². The van der Waals surface area contributed by atoms with E-state index in [4.69, 9.17) is 4.74 Å². The third kappa shape index (κ3) is 3.51. The van der Waals surface area contributed by atoms with Crippen LogP contribution < -0.4 is 10.6 Å². The number of ether oxygens (including phenoxy) is 1. The first kappa shape index (κ1) is 14.4. The number of anilines is 1. The molecule has 0 atom stereocenters. The standard InChI is InChI=1S/C13H14N2O4S/c1-2-14-11(16)6-19-13(18)8-3-4-10-9(5-8)15-12(17)7-20-10/h3-5H,2,6-7H2,1H3,(H,14,16)(H,15,17). The van der Waals surface area contributed by atoms with Gasteiger partial charge in [-0.25, -0.2) is 4.79 Å². The summed E-state index contributed by atoms with van der Waals surface area (Å²) in [4.78, 5) is 35.2. The molecule has 1 aliphatic rings. The van der Waals surface area contributed by atoms with Crippen LogP contribution in [0.4, 0.5) is 5.69 Å². The minimum atomic E-state index is -0.594. The second kappa shape index (κ2) is 6.42. The van der Waals surface area contributed by atoms with Gasteiger partial charge in [0.2, 0.25) is 5.91 Å². The lowest BCUT2D eigenvalue weighted by atomic mass is 10.2. The van der Waals surface area contributed by atoms with E-state index in [2.05, 4.69) is 10.6 Å². The van der Waals surface area contributed by atoms with Crippen molar-refractivity contribution in [3.8, 4) is 0 Å². The van der Waals surface area contributed by atoms with Crippen LogP contribution in [0, 0.1) is 0 Å². The highest BCUT2D eigenvalue weighted by Gasteiger charge is 2.18. The Bertz CT molecular complexity index is 559. The van der Waals surface area contributed by atoms with Gasteiger partial charge in [0, 0.05) is 11.4 Å². The van der Waals surface area contributed by atoms with Crippen LogP contribution in [-0.2, 0) is 14.3 Å². The number of benzene rings is 1. The molecule has 2 rings (SSSR count).